The molecule has 0 aliphatic heterocycles. The van der Waals surface area contributed by atoms with Crippen LogP contribution in [-0.4, -0.2) is 11.8 Å². The van der Waals surface area contributed by atoms with E-state index in [1.165, 1.54) is 11.6 Å². The average molecular weight is 333 g/mol. The lowest BCUT2D eigenvalue weighted by Gasteiger charge is -2.19. The molecule has 0 aromatic heterocycles. The maximum atomic E-state index is 12.3. The van der Waals surface area contributed by atoms with Gasteiger partial charge in [0.1, 0.15) is 0 Å². The molecule has 1 aliphatic carbocycles. The summed E-state index contributed by atoms with van der Waals surface area (Å²) in [6.45, 7) is 0. The van der Waals surface area contributed by atoms with Gasteiger partial charge in [0.25, 0.3) is 0 Å². The summed E-state index contributed by atoms with van der Waals surface area (Å²) in [5.41, 5.74) is 3.18. The zero-order chi connectivity index (χ0) is 17.6. The third-order valence-corrected chi connectivity index (χ3v) is 4.38. The van der Waals surface area contributed by atoms with Crippen molar-refractivity contribution in [3.63, 3.8) is 0 Å². The monoisotopic (exact) mass is 333 g/mol. The van der Waals surface area contributed by atoms with Gasteiger partial charge in [0.15, 0.2) is 0 Å². The van der Waals surface area contributed by atoms with E-state index in [1.54, 1.807) is 18.2 Å². The van der Waals surface area contributed by atoms with E-state index in [0.717, 1.165) is 31.2 Å². The molecular formula is C20H19N3O2. The molecule has 0 unspecified atom stereocenters. The number of hydrogen-bond donors (Lipinski definition) is 2. The van der Waals surface area contributed by atoms with Crippen molar-refractivity contribution in [2.24, 2.45) is 0 Å². The Morgan fingerprint density at radius 1 is 1.04 bits per heavy atom. The van der Waals surface area contributed by atoms with E-state index in [0.29, 0.717) is 11.3 Å². The van der Waals surface area contributed by atoms with Crippen molar-refractivity contribution in [2.45, 2.75) is 31.7 Å². The Morgan fingerprint density at radius 3 is 2.72 bits per heavy atom. The van der Waals surface area contributed by atoms with Gasteiger partial charge in [0, 0.05) is 5.69 Å². The molecule has 3 rings (SSSR count). The van der Waals surface area contributed by atoms with Crippen LogP contribution in [0.25, 0.3) is 0 Å². The molecule has 1 aliphatic rings. The fourth-order valence-electron chi connectivity index (χ4n) is 3.15. The average Bonchev–Trinajstić information content (AvgIpc) is 2.84. The second-order valence-corrected chi connectivity index (χ2v) is 6.12. The first-order valence-corrected chi connectivity index (χ1v) is 8.37. The van der Waals surface area contributed by atoms with Crippen LogP contribution in [0.15, 0.2) is 48.5 Å². The van der Waals surface area contributed by atoms with Gasteiger partial charge in [0.05, 0.1) is 17.7 Å². The zero-order valence-electron chi connectivity index (χ0n) is 13.8. The summed E-state index contributed by atoms with van der Waals surface area (Å²) in [5.74, 6) is -1.39. The highest BCUT2D eigenvalue weighted by Gasteiger charge is 2.23. The molecular weight excluding hydrogens is 314 g/mol. The van der Waals surface area contributed by atoms with Gasteiger partial charge in [-0.2, -0.15) is 5.26 Å². The molecule has 5 heteroatoms. The molecule has 0 saturated heterocycles. The van der Waals surface area contributed by atoms with Crippen LogP contribution < -0.4 is 10.6 Å². The molecule has 2 amide bonds. The normalized spacial score (nSPS) is 16.0. The molecule has 126 valence electrons. The van der Waals surface area contributed by atoms with E-state index < -0.39 is 11.8 Å². The van der Waals surface area contributed by atoms with Crippen molar-refractivity contribution in [1.29, 1.82) is 5.26 Å². The number of carbonyl (C=O) groups is 2. The van der Waals surface area contributed by atoms with Crippen molar-refractivity contribution >= 4 is 17.5 Å². The van der Waals surface area contributed by atoms with Gasteiger partial charge >= 0.3 is 11.8 Å². The number of amides is 2. The third-order valence-electron chi connectivity index (χ3n) is 4.38. The van der Waals surface area contributed by atoms with Crippen LogP contribution in [0.2, 0.25) is 0 Å². The number of benzene rings is 2. The summed E-state index contributed by atoms with van der Waals surface area (Å²) in [4.78, 5) is 24.5. The molecule has 0 spiro atoms. The van der Waals surface area contributed by atoms with Gasteiger partial charge in [-0.05, 0) is 48.6 Å². The number of nitrogens with zero attached hydrogens (tertiary/aromatic N) is 1. The fraction of sp³-hybridized carbons (Fsp3) is 0.250. The number of rotatable bonds is 2. The Balaban J connectivity index is 1.69. The highest BCUT2D eigenvalue weighted by molar-refractivity contribution is 6.39. The van der Waals surface area contributed by atoms with Gasteiger partial charge in [-0.3, -0.25) is 9.59 Å². The van der Waals surface area contributed by atoms with Gasteiger partial charge in [-0.1, -0.05) is 36.8 Å². The van der Waals surface area contributed by atoms with E-state index >= 15 is 0 Å². The highest BCUT2D eigenvalue weighted by atomic mass is 16.2. The van der Waals surface area contributed by atoms with Crippen molar-refractivity contribution < 1.29 is 9.59 Å². The fourth-order valence-corrected chi connectivity index (χ4v) is 3.15. The van der Waals surface area contributed by atoms with Gasteiger partial charge in [-0.15, -0.1) is 0 Å². The van der Waals surface area contributed by atoms with Gasteiger partial charge in [0.2, 0.25) is 0 Å². The van der Waals surface area contributed by atoms with E-state index in [1.807, 2.05) is 24.3 Å². The topological polar surface area (TPSA) is 82.0 Å². The zero-order valence-corrected chi connectivity index (χ0v) is 13.8. The van der Waals surface area contributed by atoms with E-state index in [2.05, 4.69) is 16.7 Å². The molecule has 0 fully saturated rings. The Morgan fingerprint density at radius 2 is 1.88 bits per heavy atom. The van der Waals surface area contributed by atoms with Crippen molar-refractivity contribution in [3.05, 3.63) is 65.2 Å². The number of nitrogens with one attached hydrogen (secondary N) is 2. The lowest BCUT2D eigenvalue weighted by atomic mass is 9.99. The molecule has 0 saturated carbocycles. The molecule has 1 atom stereocenters. The van der Waals surface area contributed by atoms with Crippen molar-refractivity contribution in [1.82, 2.24) is 5.32 Å². The van der Waals surface area contributed by atoms with Crippen molar-refractivity contribution in [2.75, 3.05) is 5.32 Å². The van der Waals surface area contributed by atoms with Crippen LogP contribution in [0.5, 0.6) is 0 Å². The smallest absolute Gasteiger partial charge is 0.313 e. The number of hydrogen-bond acceptors (Lipinski definition) is 3. The number of aryl methyl sites for hydroxylation is 1. The van der Waals surface area contributed by atoms with E-state index in [4.69, 9.17) is 5.26 Å². The molecule has 2 aromatic rings. The summed E-state index contributed by atoms with van der Waals surface area (Å²) < 4.78 is 0. The first-order chi connectivity index (χ1) is 12.2. The quantitative estimate of drug-likeness (QED) is 0.654. The lowest BCUT2D eigenvalue weighted by molar-refractivity contribution is -0.136. The van der Waals surface area contributed by atoms with Crippen LogP contribution >= 0.6 is 0 Å². The maximum absolute atomic E-state index is 12.3. The maximum Gasteiger partial charge on any atom is 0.313 e. The van der Waals surface area contributed by atoms with Crippen LogP contribution in [0, 0.1) is 11.3 Å². The molecule has 25 heavy (non-hydrogen) atoms. The summed E-state index contributed by atoms with van der Waals surface area (Å²) >= 11 is 0. The Hall–Kier alpha value is -3.13. The van der Waals surface area contributed by atoms with Crippen LogP contribution in [0.1, 0.15) is 42.0 Å². The van der Waals surface area contributed by atoms with Crippen LogP contribution in [-0.2, 0) is 16.0 Å². The molecule has 0 radical (unpaired) electrons. The van der Waals surface area contributed by atoms with E-state index in [9.17, 15) is 9.59 Å². The third kappa shape index (κ3) is 4.04. The lowest BCUT2D eigenvalue weighted by Crippen LogP contribution is -2.37. The van der Waals surface area contributed by atoms with Gasteiger partial charge < -0.3 is 10.6 Å². The largest absolute Gasteiger partial charge is 0.341 e. The SMILES string of the molecule is N#Cc1cccc(NC(=O)C(=O)N[C@H]2CCCCc3ccccc32)c1. The molecule has 0 heterocycles. The summed E-state index contributed by atoms with van der Waals surface area (Å²) in [7, 11) is 0. The second-order valence-electron chi connectivity index (χ2n) is 6.12. The van der Waals surface area contributed by atoms with Crippen LogP contribution in [0.4, 0.5) is 5.69 Å². The molecule has 5 nitrogen and oxygen atoms in total. The molecule has 2 N–H and O–H groups in total. The summed E-state index contributed by atoms with van der Waals surface area (Å²) in [5, 5.41) is 14.3. The Kier molecular flexibility index (Phi) is 5.10. The first kappa shape index (κ1) is 16.7. The van der Waals surface area contributed by atoms with Gasteiger partial charge in [-0.25, -0.2) is 0 Å². The number of nitriles is 1. The Bertz CT molecular complexity index is 839. The minimum absolute atomic E-state index is 0.151. The number of carbonyl (C=O) groups excluding carboxylic acids is 2. The first-order valence-electron chi connectivity index (χ1n) is 8.37. The Labute approximate surface area is 146 Å². The van der Waals surface area contributed by atoms with Crippen LogP contribution in [0.3, 0.4) is 0 Å². The van der Waals surface area contributed by atoms with Crippen molar-refractivity contribution in [3.8, 4) is 6.07 Å². The number of fused-ring (bicyclic) bond motifs is 1. The number of anilines is 1. The summed E-state index contributed by atoms with van der Waals surface area (Å²) in [6, 6.07) is 16.4. The predicted molar refractivity (Wildman–Crippen MR) is 94.7 cm³/mol. The summed E-state index contributed by atoms with van der Waals surface area (Å²) in [6.07, 6.45) is 3.90. The minimum Gasteiger partial charge on any atom is -0.341 e. The second kappa shape index (κ2) is 7.63. The minimum atomic E-state index is -0.725. The highest BCUT2D eigenvalue weighted by Crippen LogP contribution is 2.28. The standard InChI is InChI=1S/C20H19N3O2/c21-13-14-6-5-9-16(12-14)22-19(24)20(25)23-18-11-4-2-8-15-7-1-3-10-17(15)18/h1,3,5-7,9-10,12,18H,2,4,8,11H2,(H,22,24)(H,23,25)/t18-/m0/s1. The molecule has 2 aromatic carbocycles. The van der Waals surface area contributed by atoms with E-state index in [-0.39, 0.29) is 6.04 Å². The predicted octanol–water partition coefficient (Wildman–Crippen LogP) is 3.08. The molecule has 0 bridgehead atoms.